The van der Waals surface area contributed by atoms with Gasteiger partial charge in [-0.05, 0) is 72.1 Å². The zero-order chi connectivity index (χ0) is 36.4. The van der Waals surface area contributed by atoms with E-state index in [1.807, 2.05) is 42.5 Å². The molecular weight excluding hydrogens is 653 g/mol. The lowest BCUT2D eigenvalue weighted by atomic mass is 10.1. The minimum Gasteiger partial charge on any atom is -0.469 e. The first-order valence-electron chi connectivity index (χ1n) is 18.5. The Labute approximate surface area is 306 Å². The quantitative estimate of drug-likeness (QED) is 0.0362. The molecule has 1 heterocycles. The molecule has 7 heteroatoms. The molecule has 1 saturated heterocycles. The van der Waals surface area contributed by atoms with E-state index in [9.17, 15) is 9.59 Å². The van der Waals surface area contributed by atoms with E-state index in [2.05, 4.69) is 93.6 Å². The molecule has 3 atom stereocenters. The monoisotopic (exact) mass is 708 g/mol. The second-order valence-electron chi connectivity index (χ2n) is 14.1. The van der Waals surface area contributed by atoms with Gasteiger partial charge >= 0.3 is 11.9 Å². The van der Waals surface area contributed by atoms with Gasteiger partial charge in [-0.2, -0.15) is 0 Å². The second kappa shape index (κ2) is 20.7. The van der Waals surface area contributed by atoms with Crippen LogP contribution in [-0.2, 0) is 23.4 Å². The van der Waals surface area contributed by atoms with Crippen LogP contribution in [0.5, 0.6) is 0 Å². The number of allylic oxidation sites excluding steroid dienone is 2. The van der Waals surface area contributed by atoms with Crippen molar-refractivity contribution < 1.29 is 28.2 Å². The third-order valence-electron chi connectivity index (χ3n) is 9.21. The number of methoxy groups -OCH3 is 1. The maximum Gasteiger partial charge on any atom is 0.338 e. The summed E-state index contributed by atoms with van der Waals surface area (Å²) >= 11 is 0. The number of hydrogen-bond acceptors (Lipinski definition) is 6. The van der Waals surface area contributed by atoms with Crippen molar-refractivity contribution in [2.45, 2.75) is 102 Å². The molecule has 0 unspecified atom stereocenters. The van der Waals surface area contributed by atoms with Crippen LogP contribution >= 0.6 is 0 Å². The molecule has 0 bridgehead atoms. The van der Waals surface area contributed by atoms with Gasteiger partial charge in [0.25, 0.3) is 8.32 Å². The van der Waals surface area contributed by atoms with Crippen LogP contribution in [0.25, 0.3) is 0 Å². The van der Waals surface area contributed by atoms with E-state index >= 15 is 0 Å². The summed E-state index contributed by atoms with van der Waals surface area (Å²) in [5, 5.41) is 2.65. The Bertz CT molecular complexity index is 1510. The van der Waals surface area contributed by atoms with E-state index < -0.39 is 14.4 Å². The van der Waals surface area contributed by atoms with Crippen molar-refractivity contribution in [1.29, 1.82) is 0 Å². The molecule has 0 N–H and O–H groups in total. The molecule has 3 aromatic rings. The second-order valence-corrected chi connectivity index (χ2v) is 18.4. The highest BCUT2D eigenvalue weighted by molar-refractivity contribution is 6.99. The van der Waals surface area contributed by atoms with Gasteiger partial charge in [0.1, 0.15) is 12.2 Å². The first-order chi connectivity index (χ1) is 24.7. The van der Waals surface area contributed by atoms with Crippen molar-refractivity contribution >= 4 is 30.6 Å². The molecule has 272 valence electrons. The van der Waals surface area contributed by atoms with Gasteiger partial charge in [0.05, 0.1) is 18.8 Å². The van der Waals surface area contributed by atoms with E-state index in [1.165, 1.54) is 17.5 Å². The minimum atomic E-state index is -2.47. The van der Waals surface area contributed by atoms with E-state index in [0.717, 1.165) is 51.6 Å². The Balaban J connectivity index is 1.19. The van der Waals surface area contributed by atoms with Crippen molar-refractivity contribution in [3.8, 4) is 0 Å². The maximum atomic E-state index is 12.7. The van der Waals surface area contributed by atoms with E-state index in [0.29, 0.717) is 18.4 Å². The van der Waals surface area contributed by atoms with Crippen molar-refractivity contribution in [3.63, 3.8) is 0 Å². The summed E-state index contributed by atoms with van der Waals surface area (Å²) in [5.41, 5.74) is 0.524. The smallest absolute Gasteiger partial charge is 0.338 e. The summed E-state index contributed by atoms with van der Waals surface area (Å²) in [7, 11) is -1.07. The number of ether oxygens (including phenoxy) is 3. The van der Waals surface area contributed by atoms with Crippen LogP contribution in [0.4, 0.5) is 0 Å². The zero-order valence-corrected chi connectivity index (χ0v) is 31.9. The molecule has 0 amide bonds. The molecule has 0 radical (unpaired) electrons. The average molecular weight is 709 g/mol. The third-order valence-corrected chi connectivity index (χ3v) is 14.2. The normalized spacial score (nSPS) is 16.9. The Hall–Kier alpha value is -4.04. The number of esters is 2. The van der Waals surface area contributed by atoms with Crippen LogP contribution in [0, 0.1) is 0 Å². The first kappa shape index (κ1) is 39.7. The summed E-state index contributed by atoms with van der Waals surface area (Å²) in [6, 6.07) is 30.7. The molecule has 6 nitrogen and oxygen atoms in total. The predicted octanol–water partition coefficient (Wildman–Crippen LogP) is 8.91. The highest BCUT2D eigenvalue weighted by atomic mass is 28.4. The molecule has 0 aromatic heterocycles. The molecule has 4 rings (SSSR count). The van der Waals surface area contributed by atoms with Gasteiger partial charge in [-0.1, -0.05) is 136 Å². The minimum absolute atomic E-state index is 0.00534. The van der Waals surface area contributed by atoms with Crippen molar-refractivity contribution in [2.24, 2.45) is 0 Å². The van der Waals surface area contributed by atoms with Crippen LogP contribution in [0.1, 0.15) is 88.9 Å². The fourth-order valence-electron chi connectivity index (χ4n) is 6.39. The molecule has 0 saturated carbocycles. The van der Waals surface area contributed by atoms with Crippen molar-refractivity contribution in [3.05, 3.63) is 133 Å². The van der Waals surface area contributed by atoms with Crippen LogP contribution in [0.15, 0.2) is 127 Å². The molecule has 0 aliphatic carbocycles. The lowest BCUT2D eigenvalue weighted by Gasteiger charge is -2.43. The summed E-state index contributed by atoms with van der Waals surface area (Å²) in [6.07, 6.45) is 19.8. The number of hydrogen-bond donors (Lipinski definition) is 0. The van der Waals surface area contributed by atoms with E-state index in [1.54, 1.807) is 12.1 Å². The van der Waals surface area contributed by atoms with Crippen LogP contribution in [0.2, 0.25) is 5.04 Å². The lowest BCUT2D eigenvalue weighted by Crippen LogP contribution is -2.66. The number of rotatable bonds is 21. The van der Waals surface area contributed by atoms with Gasteiger partial charge in [0, 0.05) is 19.4 Å². The first-order valence-corrected chi connectivity index (χ1v) is 20.4. The number of carbonyl (C=O) groups is 2. The Morgan fingerprint density at radius 3 is 2.02 bits per heavy atom. The standard InChI is InChI=1S/C44H56O6Si/c1-44(2,3)51(38-27-17-12-18-28-38,39-29-19-13-20-30-39)48-35-23-10-6-5-7-21-31-40-41(50-40)34-33-37(26-16-8-9-22-32-42(45)47-4)49-43(46)36-24-14-11-15-25-36/h7-8,11-21,24-25,27-30,33-34,37,40-41H,5-6,9-10,22-23,26,31-32,35H2,1-4H3/b16-8-,21-7-,34-33+/t37-,40-,41-/m0/s1. The highest BCUT2D eigenvalue weighted by Gasteiger charge is 2.49. The van der Waals surface area contributed by atoms with Gasteiger partial charge in [0.2, 0.25) is 0 Å². The fourth-order valence-corrected chi connectivity index (χ4v) is 11.0. The number of epoxide rings is 1. The summed E-state index contributed by atoms with van der Waals surface area (Å²) < 4.78 is 23.4. The number of carbonyl (C=O) groups excluding carboxylic acids is 2. The number of unbranched alkanes of at least 4 members (excludes halogenated alkanes) is 4. The summed E-state index contributed by atoms with van der Waals surface area (Å²) in [4.78, 5) is 24.1. The van der Waals surface area contributed by atoms with Crippen LogP contribution < -0.4 is 10.4 Å². The van der Waals surface area contributed by atoms with Gasteiger partial charge in [-0.15, -0.1) is 0 Å². The van der Waals surface area contributed by atoms with Crippen LogP contribution in [0.3, 0.4) is 0 Å². The van der Waals surface area contributed by atoms with E-state index in [4.69, 9.17) is 18.6 Å². The average Bonchev–Trinajstić information content (AvgIpc) is 3.91. The Morgan fingerprint density at radius 1 is 0.784 bits per heavy atom. The molecule has 3 aromatic carbocycles. The summed E-state index contributed by atoms with van der Waals surface area (Å²) in [6.45, 7) is 7.73. The largest absolute Gasteiger partial charge is 0.469 e. The van der Waals surface area contributed by atoms with Crippen molar-refractivity contribution in [2.75, 3.05) is 13.7 Å². The number of benzene rings is 3. The van der Waals surface area contributed by atoms with Gasteiger partial charge in [-0.25, -0.2) is 4.79 Å². The van der Waals surface area contributed by atoms with Gasteiger partial charge in [-0.3, -0.25) is 4.79 Å². The fraction of sp³-hybridized carbons (Fsp3) is 0.409. The third kappa shape index (κ3) is 12.6. The summed E-state index contributed by atoms with van der Waals surface area (Å²) in [5.74, 6) is -0.557. The van der Waals surface area contributed by atoms with Crippen molar-refractivity contribution in [1.82, 2.24) is 0 Å². The molecule has 1 fully saturated rings. The molecule has 1 aliphatic rings. The molecule has 51 heavy (non-hydrogen) atoms. The maximum absolute atomic E-state index is 12.7. The lowest BCUT2D eigenvalue weighted by molar-refractivity contribution is -0.140. The van der Waals surface area contributed by atoms with Crippen LogP contribution in [-0.4, -0.2) is 52.3 Å². The zero-order valence-electron chi connectivity index (χ0n) is 30.9. The van der Waals surface area contributed by atoms with Gasteiger partial charge in [0.15, 0.2) is 0 Å². The molecule has 0 spiro atoms. The topological polar surface area (TPSA) is 74.4 Å². The van der Waals surface area contributed by atoms with E-state index in [-0.39, 0.29) is 29.2 Å². The predicted molar refractivity (Wildman–Crippen MR) is 209 cm³/mol. The Kier molecular flexibility index (Phi) is 16.1. The SMILES string of the molecule is COC(=O)CCC/C=C\C[C@@H](/C=C/[C@@H]1O[C@H]1C/C=C\CCCCCO[Si](c1ccccc1)(c1ccccc1)C(C)(C)C)OC(=O)c1ccccc1. The molecular formula is C44H56O6Si. The molecule has 1 aliphatic heterocycles. The highest BCUT2D eigenvalue weighted by Crippen LogP contribution is 2.37. The Morgan fingerprint density at radius 2 is 1.39 bits per heavy atom. The van der Waals surface area contributed by atoms with Gasteiger partial charge < -0.3 is 18.6 Å².